The fourth-order valence-electron chi connectivity index (χ4n) is 1.83. The molecule has 0 saturated heterocycles. The minimum absolute atomic E-state index is 0.584. The van der Waals surface area contributed by atoms with Crippen LogP contribution in [0.2, 0.25) is 0 Å². The number of nitrogens with one attached hydrogen (secondary N) is 2. The zero-order valence-electron chi connectivity index (χ0n) is 14.5. The first-order chi connectivity index (χ1) is 10.5. The fraction of sp³-hybridized carbons (Fsp3) is 0.588. The number of hydrogen-bond donors (Lipinski definition) is 2. The lowest BCUT2D eigenvalue weighted by Gasteiger charge is -2.16. The number of hydrogen-bond acceptors (Lipinski definition) is 3. The van der Waals surface area contributed by atoms with Crippen molar-refractivity contribution in [3.05, 3.63) is 29.8 Å². The minimum atomic E-state index is 0.584. The summed E-state index contributed by atoms with van der Waals surface area (Å²) in [6, 6.07) is 8.12. The summed E-state index contributed by atoms with van der Waals surface area (Å²) in [5.41, 5.74) is 1.13. The molecular weight excluding hydrogens is 276 g/mol. The summed E-state index contributed by atoms with van der Waals surface area (Å²) in [6.07, 6.45) is 0. The van der Waals surface area contributed by atoms with Crippen LogP contribution in [0.1, 0.15) is 19.4 Å². The van der Waals surface area contributed by atoms with Gasteiger partial charge in [0, 0.05) is 32.2 Å². The van der Waals surface area contributed by atoms with Crippen LogP contribution in [0.4, 0.5) is 0 Å². The Labute approximate surface area is 134 Å². The maximum Gasteiger partial charge on any atom is 0.191 e. The zero-order chi connectivity index (χ0) is 16.4. The Morgan fingerprint density at radius 3 is 2.59 bits per heavy atom. The predicted molar refractivity (Wildman–Crippen MR) is 93.5 cm³/mol. The van der Waals surface area contributed by atoms with E-state index < -0.39 is 0 Å². The lowest BCUT2D eigenvalue weighted by atomic mass is 10.2. The molecule has 1 aromatic rings. The molecule has 1 rings (SSSR count). The molecule has 2 N–H and O–H groups in total. The molecule has 124 valence electrons. The maximum absolute atomic E-state index is 5.87. The topological polar surface area (TPSA) is 48.9 Å². The third-order valence-corrected chi connectivity index (χ3v) is 3.12. The molecule has 0 unspecified atom stereocenters. The second-order valence-corrected chi connectivity index (χ2v) is 5.96. The quantitative estimate of drug-likeness (QED) is 0.569. The molecule has 0 aliphatic rings. The van der Waals surface area contributed by atoms with Crippen LogP contribution in [0, 0.1) is 5.92 Å². The van der Waals surface area contributed by atoms with Crippen molar-refractivity contribution in [1.29, 1.82) is 0 Å². The van der Waals surface area contributed by atoms with Gasteiger partial charge in [-0.2, -0.15) is 0 Å². The summed E-state index contributed by atoms with van der Waals surface area (Å²) in [5, 5.41) is 6.64. The van der Waals surface area contributed by atoms with Crippen molar-refractivity contribution >= 4 is 5.96 Å². The molecule has 5 nitrogen and oxygen atoms in total. The van der Waals surface area contributed by atoms with Gasteiger partial charge in [-0.3, -0.25) is 4.99 Å². The molecule has 22 heavy (non-hydrogen) atoms. The van der Waals surface area contributed by atoms with Crippen LogP contribution < -0.4 is 15.4 Å². The summed E-state index contributed by atoms with van der Waals surface area (Å²) in [5.74, 6) is 2.33. The molecular formula is C17H30N4O. The van der Waals surface area contributed by atoms with E-state index in [4.69, 9.17) is 4.74 Å². The van der Waals surface area contributed by atoms with Crippen molar-refractivity contribution in [3.63, 3.8) is 0 Å². The van der Waals surface area contributed by atoms with E-state index in [0.29, 0.717) is 19.1 Å². The second kappa shape index (κ2) is 10.1. The molecule has 0 bridgehead atoms. The van der Waals surface area contributed by atoms with E-state index >= 15 is 0 Å². The van der Waals surface area contributed by atoms with Crippen molar-refractivity contribution < 1.29 is 4.74 Å². The number of rotatable bonds is 8. The van der Waals surface area contributed by atoms with Gasteiger partial charge in [0.2, 0.25) is 0 Å². The number of aliphatic imine (C=N–C) groups is 1. The van der Waals surface area contributed by atoms with Crippen LogP contribution >= 0.6 is 0 Å². The highest BCUT2D eigenvalue weighted by atomic mass is 16.5. The number of guanidine groups is 1. The predicted octanol–water partition coefficient (Wildman–Crippen LogP) is 1.95. The Bertz CT molecular complexity index is 458. The van der Waals surface area contributed by atoms with Crippen molar-refractivity contribution in [1.82, 2.24) is 15.5 Å². The van der Waals surface area contributed by atoms with Crippen LogP contribution in [0.5, 0.6) is 5.75 Å². The average molecular weight is 306 g/mol. The standard InChI is InChI=1S/C17H30N4O/c1-14(2)12-19-17(18-3)20-13-15-8-6-7-9-16(15)22-11-10-21(4)5/h6-9,14H,10-13H2,1-5H3,(H2,18,19,20). The summed E-state index contributed by atoms with van der Waals surface area (Å²) in [7, 11) is 5.87. The van der Waals surface area contributed by atoms with Crippen LogP contribution in [-0.4, -0.2) is 51.7 Å². The molecule has 0 aliphatic heterocycles. The van der Waals surface area contributed by atoms with Crippen molar-refractivity contribution in [2.24, 2.45) is 10.9 Å². The Kier molecular flexibility index (Phi) is 8.36. The Morgan fingerprint density at radius 2 is 1.95 bits per heavy atom. The van der Waals surface area contributed by atoms with E-state index in [1.54, 1.807) is 7.05 Å². The molecule has 1 aromatic carbocycles. The van der Waals surface area contributed by atoms with Gasteiger partial charge in [0.15, 0.2) is 5.96 Å². The molecule has 0 spiro atoms. The largest absolute Gasteiger partial charge is 0.492 e. The van der Waals surface area contributed by atoms with Crippen LogP contribution in [0.25, 0.3) is 0 Å². The van der Waals surface area contributed by atoms with E-state index in [2.05, 4.69) is 40.4 Å². The third-order valence-electron chi connectivity index (χ3n) is 3.12. The number of ether oxygens (including phenoxy) is 1. The van der Waals surface area contributed by atoms with Crippen molar-refractivity contribution in [2.75, 3.05) is 40.8 Å². The summed E-state index contributed by atoms with van der Waals surface area (Å²) in [4.78, 5) is 6.35. The first-order valence-electron chi connectivity index (χ1n) is 7.83. The lowest BCUT2D eigenvalue weighted by Crippen LogP contribution is -2.38. The van der Waals surface area contributed by atoms with Gasteiger partial charge in [0.1, 0.15) is 12.4 Å². The Balaban J connectivity index is 2.53. The molecule has 0 saturated carbocycles. The van der Waals surface area contributed by atoms with Crippen LogP contribution in [0.15, 0.2) is 29.3 Å². The number of likely N-dealkylation sites (N-methyl/N-ethyl adjacent to an activating group) is 1. The third kappa shape index (κ3) is 7.31. The number of para-hydroxylation sites is 1. The van der Waals surface area contributed by atoms with Gasteiger partial charge in [-0.05, 0) is 26.1 Å². The monoisotopic (exact) mass is 306 g/mol. The maximum atomic E-state index is 5.87. The molecule has 0 atom stereocenters. The van der Waals surface area contributed by atoms with Gasteiger partial charge in [0.05, 0.1) is 0 Å². The first kappa shape index (κ1) is 18.3. The van der Waals surface area contributed by atoms with Crippen LogP contribution in [-0.2, 0) is 6.54 Å². The highest BCUT2D eigenvalue weighted by Gasteiger charge is 2.05. The van der Waals surface area contributed by atoms with Gasteiger partial charge in [-0.15, -0.1) is 0 Å². The van der Waals surface area contributed by atoms with E-state index in [1.807, 2.05) is 32.3 Å². The minimum Gasteiger partial charge on any atom is -0.492 e. The average Bonchev–Trinajstić information content (AvgIpc) is 2.48. The van der Waals surface area contributed by atoms with Gasteiger partial charge in [0.25, 0.3) is 0 Å². The highest BCUT2D eigenvalue weighted by molar-refractivity contribution is 5.79. The van der Waals surface area contributed by atoms with Crippen LogP contribution in [0.3, 0.4) is 0 Å². The van der Waals surface area contributed by atoms with E-state index in [0.717, 1.165) is 30.4 Å². The van der Waals surface area contributed by atoms with Gasteiger partial charge in [-0.25, -0.2) is 0 Å². The SMILES string of the molecule is CN=C(NCc1ccccc1OCCN(C)C)NCC(C)C. The molecule has 0 radical (unpaired) electrons. The zero-order valence-corrected chi connectivity index (χ0v) is 14.5. The molecule has 0 aromatic heterocycles. The van der Waals surface area contributed by atoms with E-state index in [1.165, 1.54) is 0 Å². The summed E-state index contributed by atoms with van der Waals surface area (Å²) >= 11 is 0. The van der Waals surface area contributed by atoms with Crippen molar-refractivity contribution in [2.45, 2.75) is 20.4 Å². The normalized spacial score (nSPS) is 11.9. The molecule has 0 fully saturated rings. The highest BCUT2D eigenvalue weighted by Crippen LogP contribution is 2.17. The second-order valence-electron chi connectivity index (χ2n) is 5.96. The van der Waals surface area contributed by atoms with Crippen molar-refractivity contribution in [3.8, 4) is 5.75 Å². The van der Waals surface area contributed by atoms with Gasteiger partial charge < -0.3 is 20.3 Å². The molecule has 0 aliphatic carbocycles. The lowest BCUT2D eigenvalue weighted by molar-refractivity contribution is 0.259. The molecule has 0 heterocycles. The van der Waals surface area contributed by atoms with E-state index in [-0.39, 0.29) is 0 Å². The number of benzene rings is 1. The Hall–Kier alpha value is -1.75. The van der Waals surface area contributed by atoms with Gasteiger partial charge >= 0.3 is 0 Å². The first-order valence-corrected chi connectivity index (χ1v) is 7.83. The summed E-state index contributed by atoms with van der Waals surface area (Å²) in [6.45, 7) is 7.53. The smallest absolute Gasteiger partial charge is 0.191 e. The van der Waals surface area contributed by atoms with Gasteiger partial charge in [-0.1, -0.05) is 32.0 Å². The number of nitrogens with zero attached hydrogens (tertiary/aromatic N) is 2. The van der Waals surface area contributed by atoms with E-state index in [9.17, 15) is 0 Å². The fourth-order valence-corrected chi connectivity index (χ4v) is 1.83. The Morgan fingerprint density at radius 1 is 1.23 bits per heavy atom. The summed E-state index contributed by atoms with van der Waals surface area (Å²) < 4.78 is 5.87. The molecule has 0 amide bonds. The molecule has 5 heteroatoms.